The van der Waals surface area contributed by atoms with Crippen molar-refractivity contribution in [2.24, 2.45) is 16.5 Å². The van der Waals surface area contributed by atoms with Crippen molar-refractivity contribution in [1.82, 2.24) is 4.90 Å². The van der Waals surface area contributed by atoms with Crippen LogP contribution in [0.1, 0.15) is 0 Å². The zero-order chi connectivity index (χ0) is 11.9. The summed E-state index contributed by atoms with van der Waals surface area (Å²) in [5, 5.41) is 7.05. The van der Waals surface area contributed by atoms with Gasteiger partial charge in [-0.05, 0) is 0 Å². The molecule has 0 rings (SSSR count). The number of hydrogen-bond donors (Lipinski definition) is 4. The standard InChI is InChI=1S/C4H11N5.Cs.H2O4S/c1-9(2)4(7)8-3(5)6;;1-5(2,3)4/h1-2H3,(H5,5,6,7,8);;(H2,1,2,3,4)/q;+1;/p-1. The summed E-state index contributed by atoms with van der Waals surface area (Å²) in [6.45, 7) is 0. The van der Waals surface area contributed by atoms with E-state index in [1.54, 1.807) is 14.1 Å². The molecule has 0 aromatic heterocycles. The quantitative estimate of drug-likeness (QED) is 0.145. The molecule has 0 radical (unpaired) electrons. The van der Waals surface area contributed by atoms with Crippen LogP contribution >= 0.6 is 0 Å². The topological polar surface area (TPSA) is 169 Å². The minimum Gasteiger partial charge on any atom is -0.726 e. The van der Waals surface area contributed by atoms with Crippen LogP contribution in [0.2, 0.25) is 0 Å². The first-order chi connectivity index (χ1) is 6.04. The van der Waals surface area contributed by atoms with E-state index >= 15 is 0 Å². The van der Waals surface area contributed by atoms with Gasteiger partial charge in [-0.3, -0.25) is 9.96 Å². The van der Waals surface area contributed by atoms with Crippen molar-refractivity contribution in [3.63, 3.8) is 0 Å². The third kappa shape index (κ3) is 31.3. The number of rotatable bonds is 0. The molecule has 9 nitrogen and oxygen atoms in total. The van der Waals surface area contributed by atoms with Crippen molar-refractivity contribution < 1.29 is 86.4 Å². The number of guanidine groups is 2. The smallest absolute Gasteiger partial charge is 0.726 e. The van der Waals surface area contributed by atoms with Crippen LogP contribution in [-0.2, 0) is 10.4 Å². The van der Waals surface area contributed by atoms with Gasteiger partial charge in [0, 0.05) is 14.1 Å². The summed E-state index contributed by atoms with van der Waals surface area (Å²) in [4.78, 5) is 4.96. The molecule has 0 spiro atoms. The maximum absolute atomic E-state index is 8.63. The molecular weight excluding hydrogens is 347 g/mol. The van der Waals surface area contributed by atoms with E-state index in [0.29, 0.717) is 0 Å². The van der Waals surface area contributed by atoms with Gasteiger partial charge >= 0.3 is 68.9 Å². The summed E-state index contributed by atoms with van der Waals surface area (Å²) in [5.41, 5.74) is 9.98. The average molecular weight is 359 g/mol. The molecule has 6 N–H and O–H groups in total. The van der Waals surface area contributed by atoms with Crippen molar-refractivity contribution in [2.75, 3.05) is 14.1 Å². The summed E-state index contributed by atoms with van der Waals surface area (Å²) in [7, 11) is -1.54. The van der Waals surface area contributed by atoms with Crippen molar-refractivity contribution in [3.8, 4) is 0 Å². The fourth-order valence-corrected chi connectivity index (χ4v) is 0.222. The fraction of sp³-hybridized carbons (Fsp3) is 0.500. The zero-order valence-electron chi connectivity index (χ0n) is 8.63. The van der Waals surface area contributed by atoms with Crippen LogP contribution in [0.3, 0.4) is 0 Å². The second kappa shape index (κ2) is 9.86. The van der Waals surface area contributed by atoms with Crippen LogP contribution in [0.25, 0.3) is 0 Å². The number of aliphatic imine (C=N–C) groups is 1. The van der Waals surface area contributed by atoms with Crippen molar-refractivity contribution in [3.05, 3.63) is 0 Å². The Morgan fingerprint density at radius 2 is 1.73 bits per heavy atom. The van der Waals surface area contributed by atoms with E-state index in [4.69, 9.17) is 34.4 Å². The van der Waals surface area contributed by atoms with Crippen molar-refractivity contribution in [2.45, 2.75) is 0 Å². The maximum Gasteiger partial charge on any atom is 1.00 e. The van der Waals surface area contributed by atoms with Gasteiger partial charge in [0.1, 0.15) is 0 Å². The number of nitrogens with one attached hydrogen (secondary N) is 1. The van der Waals surface area contributed by atoms with Gasteiger partial charge in [0.25, 0.3) is 0 Å². The molecular formula is C4H12CsN5O4S. The Morgan fingerprint density at radius 3 is 1.80 bits per heavy atom. The molecule has 84 valence electrons. The van der Waals surface area contributed by atoms with Gasteiger partial charge < -0.3 is 20.9 Å². The molecule has 0 heterocycles. The first kappa shape index (κ1) is 21.0. The Balaban J connectivity index is -0.000000208. The van der Waals surface area contributed by atoms with Gasteiger partial charge in [0.2, 0.25) is 16.4 Å². The summed E-state index contributed by atoms with van der Waals surface area (Å²) in [6, 6.07) is 0. The minimum atomic E-state index is -4.92. The molecule has 0 aromatic carbocycles. The van der Waals surface area contributed by atoms with Crippen molar-refractivity contribution >= 4 is 22.3 Å². The van der Waals surface area contributed by atoms with Crippen LogP contribution < -0.4 is 80.4 Å². The van der Waals surface area contributed by atoms with E-state index in [2.05, 4.69) is 4.99 Å². The van der Waals surface area contributed by atoms with E-state index in [9.17, 15) is 0 Å². The van der Waals surface area contributed by atoms with Crippen LogP contribution in [0.5, 0.6) is 0 Å². The van der Waals surface area contributed by atoms with E-state index in [1.165, 1.54) is 4.90 Å². The molecule has 0 atom stereocenters. The summed E-state index contributed by atoms with van der Waals surface area (Å²) < 4.78 is 32.8. The predicted molar refractivity (Wildman–Crippen MR) is 49.5 cm³/mol. The van der Waals surface area contributed by atoms with Gasteiger partial charge in [-0.15, -0.1) is 0 Å². The molecule has 0 aromatic rings. The maximum atomic E-state index is 8.63. The normalized spacial score (nSPS) is 8.80. The molecule has 0 amide bonds. The third-order valence-corrected chi connectivity index (χ3v) is 0.659. The molecule has 0 unspecified atom stereocenters. The van der Waals surface area contributed by atoms with E-state index < -0.39 is 10.4 Å². The SMILES string of the molecule is CN(C)C(=N)N=C(N)N.O=S(=O)([O-])O.[Cs+]. The number of hydrogen-bond acceptors (Lipinski definition) is 4. The van der Waals surface area contributed by atoms with Gasteiger partial charge in [0.15, 0.2) is 5.96 Å². The first-order valence-corrected chi connectivity index (χ1v) is 4.44. The Labute approximate surface area is 147 Å². The summed E-state index contributed by atoms with van der Waals surface area (Å²) in [5.74, 6) is -0.0382. The third-order valence-electron chi connectivity index (χ3n) is 0.659. The largest absolute Gasteiger partial charge is 1.00 e. The Bertz CT molecular complexity index is 301. The molecule has 0 aliphatic heterocycles. The van der Waals surface area contributed by atoms with E-state index in [-0.39, 0.29) is 80.8 Å². The molecule has 11 heteroatoms. The average Bonchev–Trinajstić information content (AvgIpc) is 1.80. The molecule has 0 saturated heterocycles. The Morgan fingerprint density at radius 1 is 1.47 bits per heavy atom. The molecule has 0 fully saturated rings. The number of nitrogens with two attached hydrogens (primary N) is 2. The monoisotopic (exact) mass is 359 g/mol. The fourth-order valence-electron chi connectivity index (χ4n) is 0.222. The van der Waals surface area contributed by atoms with Gasteiger partial charge in [-0.25, -0.2) is 8.42 Å². The predicted octanol–water partition coefficient (Wildman–Crippen LogP) is -5.24. The molecule has 0 aliphatic rings. The van der Waals surface area contributed by atoms with Gasteiger partial charge in [-0.1, -0.05) is 0 Å². The minimum absolute atomic E-state index is 0. The number of nitrogens with zero attached hydrogens (tertiary/aromatic N) is 2. The van der Waals surface area contributed by atoms with Crippen LogP contribution in [-0.4, -0.2) is 48.4 Å². The van der Waals surface area contributed by atoms with Gasteiger partial charge in [-0.2, -0.15) is 4.99 Å². The molecule has 0 aliphatic carbocycles. The second-order valence-corrected chi connectivity index (χ2v) is 3.04. The zero-order valence-corrected chi connectivity index (χ0v) is 15.7. The van der Waals surface area contributed by atoms with Crippen molar-refractivity contribution in [1.29, 1.82) is 5.41 Å². The first-order valence-electron chi connectivity index (χ1n) is 3.08. The summed E-state index contributed by atoms with van der Waals surface area (Å²) >= 11 is 0. The summed E-state index contributed by atoms with van der Waals surface area (Å²) in [6.07, 6.45) is 0. The molecule has 15 heavy (non-hydrogen) atoms. The second-order valence-electron chi connectivity index (χ2n) is 2.18. The van der Waals surface area contributed by atoms with E-state index in [0.717, 1.165) is 0 Å². The Hall–Kier alpha value is 0.662. The molecule has 0 bridgehead atoms. The van der Waals surface area contributed by atoms with Gasteiger partial charge in [0.05, 0.1) is 0 Å². The molecule has 0 saturated carbocycles. The van der Waals surface area contributed by atoms with E-state index in [1.807, 2.05) is 0 Å². The van der Waals surface area contributed by atoms with Crippen LogP contribution in [0.15, 0.2) is 4.99 Å². The van der Waals surface area contributed by atoms with Crippen LogP contribution in [0.4, 0.5) is 0 Å². The Kier molecular flexibility index (Phi) is 13.8. The van der Waals surface area contributed by atoms with Crippen LogP contribution in [0, 0.1) is 5.41 Å².